The Labute approximate surface area is 92.1 Å². The molecule has 1 N–H and O–H groups in total. The number of carboxylic acids is 1. The number of carboxylic acid groups (broad SMARTS) is 1. The van der Waals surface area contributed by atoms with Crippen LogP contribution in [0.3, 0.4) is 0 Å². The molecule has 1 saturated heterocycles. The highest BCUT2D eigenvalue weighted by Crippen LogP contribution is 2.30. The van der Waals surface area contributed by atoms with Gasteiger partial charge in [-0.3, -0.25) is 0 Å². The molecule has 1 aliphatic rings. The van der Waals surface area contributed by atoms with Crippen LogP contribution in [0.5, 0.6) is 0 Å². The highest BCUT2D eigenvalue weighted by Gasteiger charge is 2.22. The van der Waals surface area contributed by atoms with Gasteiger partial charge in [0.25, 0.3) is 0 Å². The van der Waals surface area contributed by atoms with E-state index >= 15 is 0 Å². The van der Waals surface area contributed by atoms with E-state index in [9.17, 15) is 4.79 Å². The van der Waals surface area contributed by atoms with Gasteiger partial charge >= 0.3 is 5.97 Å². The Kier molecular flexibility index (Phi) is 2.90. The van der Waals surface area contributed by atoms with Crippen molar-refractivity contribution in [3.63, 3.8) is 0 Å². The molecule has 0 aromatic carbocycles. The fourth-order valence-corrected chi connectivity index (χ4v) is 2.83. The average molecular weight is 224 g/mol. The van der Waals surface area contributed by atoms with Crippen LogP contribution in [-0.2, 0) is 0 Å². The SMILES string of the molecule is Cc1cnc(C2CCSC2)nc1C(=O)O. The Morgan fingerprint density at radius 2 is 2.47 bits per heavy atom. The van der Waals surface area contributed by atoms with Gasteiger partial charge in [-0.05, 0) is 19.1 Å². The number of hydrogen-bond donors (Lipinski definition) is 1. The fraction of sp³-hybridized carbons (Fsp3) is 0.500. The first-order chi connectivity index (χ1) is 7.18. The Morgan fingerprint density at radius 3 is 3.07 bits per heavy atom. The molecule has 1 unspecified atom stereocenters. The molecule has 80 valence electrons. The summed E-state index contributed by atoms with van der Waals surface area (Å²) < 4.78 is 0. The summed E-state index contributed by atoms with van der Waals surface area (Å²) in [6, 6.07) is 0. The monoisotopic (exact) mass is 224 g/mol. The van der Waals surface area contributed by atoms with Crippen LogP contribution in [0.2, 0.25) is 0 Å². The summed E-state index contributed by atoms with van der Waals surface area (Å²) in [5.41, 5.74) is 0.758. The zero-order valence-electron chi connectivity index (χ0n) is 8.43. The number of aryl methyl sites for hydroxylation is 1. The summed E-state index contributed by atoms with van der Waals surface area (Å²) in [6.07, 6.45) is 2.65. The van der Waals surface area contributed by atoms with E-state index in [2.05, 4.69) is 9.97 Å². The second-order valence-corrected chi connectivity index (χ2v) is 4.78. The molecule has 1 atom stereocenters. The van der Waals surface area contributed by atoms with Gasteiger partial charge in [0, 0.05) is 23.4 Å². The van der Waals surface area contributed by atoms with Gasteiger partial charge in [-0.25, -0.2) is 14.8 Å². The summed E-state index contributed by atoms with van der Waals surface area (Å²) >= 11 is 1.87. The van der Waals surface area contributed by atoms with Crippen LogP contribution in [0.25, 0.3) is 0 Å². The molecule has 0 spiro atoms. The van der Waals surface area contributed by atoms with Crippen molar-refractivity contribution in [1.82, 2.24) is 9.97 Å². The first kappa shape index (κ1) is 10.4. The van der Waals surface area contributed by atoms with Crippen molar-refractivity contribution in [3.05, 3.63) is 23.3 Å². The summed E-state index contributed by atoms with van der Waals surface area (Å²) in [4.78, 5) is 19.2. The fourth-order valence-electron chi connectivity index (χ4n) is 1.61. The van der Waals surface area contributed by atoms with E-state index in [0.29, 0.717) is 17.3 Å². The summed E-state index contributed by atoms with van der Waals surface area (Å²) in [7, 11) is 0. The molecule has 5 heteroatoms. The molecule has 0 aliphatic carbocycles. The predicted molar refractivity (Wildman–Crippen MR) is 58.4 cm³/mol. The third-order valence-corrected chi connectivity index (χ3v) is 3.65. The van der Waals surface area contributed by atoms with Gasteiger partial charge in [-0.2, -0.15) is 11.8 Å². The zero-order valence-corrected chi connectivity index (χ0v) is 9.25. The van der Waals surface area contributed by atoms with Crippen molar-refractivity contribution in [2.24, 2.45) is 0 Å². The normalized spacial score (nSPS) is 20.5. The van der Waals surface area contributed by atoms with Crippen molar-refractivity contribution >= 4 is 17.7 Å². The van der Waals surface area contributed by atoms with Crippen molar-refractivity contribution in [2.45, 2.75) is 19.3 Å². The van der Waals surface area contributed by atoms with Gasteiger partial charge in [0.2, 0.25) is 0 Å². The van der Waals surface area contributed by atoms with Crippen LogP contribution in [0.1, 0.15) is 34.2 Å². The van der Waals surface area contributed by atoms with E-state index in [4.69, 9.17) is 5.11 Å². The highest BCUT2D eigenvalue weighted by molar-refractivity contribution is 7.99. The van der Waals surface area contributed by atoms with Crippen LogP contribution in [0.4, 0.5) is 0 Å². The lowest BCUT2D eigenvalue weighted by Gasteiger charge is -2.08. The van der Waals surface area contributed by atoms with E-state index in [1.54, 1.807) is 13.1 Å². The maximum atomic E-state index is 10.9. The second kappa shape index (κ2) is 4.18. The number of carbonyl (C=O) groups is 1. The lowest BCUT2D eigenvalue weighted by molar-refractivity contribution is 0.0689. The standard InChI is InChI=1S/C10H12N2O2S/c1-6-4-11-9(7-2-3-15-5-7)12-8(6)10(13)14/h4,7H,2-3,5H2,1H3,(H,13,14). The molecule has 1 aromatic heterocycles. The summed E-state index contributed by atoms with van der Waals surface area (Å²) in [5.74, 6) is 2.16. The number of aromatic nitrogens is 2. The van der Waals surface area contributed by atoms with Crippen LogP contribution in [-0.4, -0.2) is 32.5 Å². The maximum Gasteiger partial charge on any atom is 0.354 e. The van der Waals surface area contributed by atoms with Crippen LogP contribution >= 0.6 is 11.8 Å². The Balaban J connectivity index is 2.33. The molecule has 0 radical (unpaired) electrons. The third-order valence-electron chi connectivity index (χ3n) is 2.49. The van der Waals surface area contributed by atoms with Gasteiger partial charge in [0.1, 0.15) is 5.82 Å². The molecule has 2 rings (SSSR count). The Morgan fingerprint density at radius 1 is 1.67 bits per heavy atom. The minimum Gasteiger partial charge on any atom is -0.477 e. The van der Waals surface area contributed by atoms with Gasteiger partial charge in [-0.1, -0.05) is 0 Å². The lowest BCUT2D eigenvalue weighted by atomic mass is 10.1. The van der Waals surface area contributed by atoms with Crippen molar-refractivity contribution in [3.8, 4) is 0 Å². The molecular weight excluding hydrogens is 212 g/mol. The number of thioether (sulfide) groups is 1. The molecule has 1 aliphatic heterocycles. The van der Waals surface area contributed by atoms with Crippen molar-refractivity contribution in [2.75, 3.05) is 11.5 Å². The van der Waals surface area contributed by atoms with Crippen molar-refractivity contribution < 1.29 is 9.90 Å². The summed E-state index contributed by atoms with van der Waals surface area (Å²) in [5, 5.41) is 8.94. The van der Waals surface area contributed by atoms with E-state index in [-0.39, 0.29) is 5.69 Å². The largest absolute Gasteiger partial charge is 0.477 e. The number of rotatable bonds is 2. The first-order valence-corrected chi connectivity index (χ1v) is 5.98. The molecule has 1 aromatic rings. The molecule has 1 fully saturated rings. The zero-order chi connectivity index (χ0) is 10.8. The average Bonchev–Trinajstić information content (AvgIpc) is 2.71. The molecule has 0 amide bonds. The van der Waals surface area contributed by atoms with Crippen molar-refractivity contribution in [1.29, 1.82) is 0 Å². The molecule has 4 nitrogen and oxygen atoms in total. The molecule has 2 heterocycles. The Hall–Kier alpha value is -1.10. The van der Waals surface area contributed by atoms with E-state index in [0.717, 1.165) is 17.9 Å². The molecule has 0 saturated carbocycles. The van der Waals surface area contributed by atoms with Gasteiger partial charge in [-0.15, -0.1) is 0 Å². The molecule has 0 bridgehead atoms. The van der Waals surface area contributed by atoms with E-state index in [1.807, 2.05) is 11.8 Å². The highest BCUT2D eigenvalue weighted by atomic mass is 32.2. The van der Waals surface area contributed by atoms with E-state index < -0.39 is 5.97 Å². The predicted octanol–water partition coefficient (Wildman–Crippen LogP) is 1.70. The summed E-state index contributed by atoms with van der Waals surface area (Å²) in [6.45, 7) is 1.72. The molecule has 15 heavy (non-hydrogen) atoms. The quantitative estimate of drug-likeness (QED) is 0.828. The van der Waals surface area contributed by atoms with Crippen LogP contribution in [0, 0.1) is 6.92 Å². The van der Waals surface area contributed by atoms with Gasteiger partial charge < -0.3 is 5.11 Å². The van der Waals surface area contributed by atoms with Crippen LogP contribution < -0.4 is 0 Å². The maximum absolute atomic E-state index is 10.9. The minimum atomic E-state index is -0.971. The number of hydrogen-bond acceptors (Lipinski definition) is 4. The smallest absolute Gasteiger partial charge is 0.354 e. The minimum absolute atomic E-state index is 0.136. The Bertz CT molecular complexity index is 389. The lowest BCUT2D eigenvalue weighted by Crippen LogP contribution is -2.10. The topological polar surface area (TPSA) is 63.1 Å². The first-order valence-electron chi connectivity index (χ1n) is 4.83. The van der Waals surface area contributed by atoms with Gasteiger partial charge in [0.15, 0.2) is 5.69 Å². The third kappa shape index (κ3) is 2.12. The second-order valence-electron chi connectivity index (χ2n) is 3.63. The van der Waals surface area contributed by atoms with Gasteiger partial charge in [0.05, 0.1) is 0 Å². The molecular formula is C10H12N2O2S. The number of aromatic carboxylic acids is 1. The number of nitrogens with zero attached hydrogens (tertiary/aromatic N) is 2. The van der Waals surface area contributed by atoms with Crippen LogP contribution in [0.15, 0.2) is 6.20 Å². The van der Waals surface area contributed by atoms with E-state index in [1.165, 1.54) is 0 Å².